The molecular weight excluding hydrogens is 398 g/mol. The molecule has 30 heavy (non-hydrogen) atoms. The fourth-order valence-electron chi connectivity index (χ4n) is 3.39. The first kappa shape index (κ1) is 19.8. The van der Waals surface area contributed by atoms with Gasteiger partial charge in [-0.15, -0.1) is 11.3 Å². The van der Waals surface area contributed by atoms with E-state index in [-0.39, 0.29) is 11.5 Å². The molecule has 4 aromatic rings. The Labute approximate surface area is 177 Å². The van der Waals surface area contributed by atoms with Crippen molar-refractivity contribution in [2.24, 2.45) is 0 Å². The smallest absolute Gasteiger partial charge is 0.263 e. The van der Waals surface area contributed by atoms with Crippen LogP contribution in [-0.4, -0.2) is 22.6 Å². The third-order valence-corrected chi connectivity index (χ3v) is 6.04. The minimum absolute atomic E-state index is 0.222. The van der Waals surface area contributed by atoms with Crippen molar-refractivity contribution in [2.45, 2.75) is 19.9 Å². The van der Waals surface area contributed by atoms with E-state index >= 15 is 0 Å². The van der Waals surface area contributed by atoms with Crippen LogP contribution in [0.4, 0.5) is 5.69 Å². The summed E-state index contributed by atoms with van der Waals surface area (Å²) in [5, 5.41) is 3.39. The summed E-state index contributed by atoms with van der Waals surface area (Å²) in [7, 11) is 1.58. The Morgan fingerprint density at radius 2 is 1.83 bits per heavy atom. The number of rotatable bonds is 5. The number of hydrogen-bond donors (Lipinski definition) is 1. The van der Waals surface area contributed by atoms with Gasteiger partial charge in [0.1, 0.15) is 16.6 Å². The lowest BCUT2D eigenvalue weighted by atomic mass is 10.0. The number of aromatic nitrogens is 2. The first-order valence-corrected chi connectivity index (χ1v) is 10.3. The van der Waals surface area contributed by atoms with Gasteiger partial charge in [0.2, 0.25) is 5.91 Å². The number of hydrogen-bond acceptors (Lipinski definition) is 5. The molecule has 0 saturated carbocycles. The van der Waals surface area contributed by atoms with Crippen molar-refractivity contribution in [1.29, 1.82) is 0 Å². The number of aryl methyl sites for hydroxylation is 1. The number of benzene rings is 2. The maximum absolute atomic E-state index is 13.4. The van der Waals surface area contributed by atoms with Gasteiger partial charge < -0.3 is 10.1 Å². The van der Waals surface area contributed by atoms with Crippen LogP contribution in [0.1, 0.15) is 17.8 Å². The molecule has 4 rings (SSSR count). The quantitative estimate of drug-likeness (QED) is 0.511. The Balaban J connectivity index is 1.71. The summed E-state index contributed by atoms with van der Waals surface area (Å²) < 4.78 is 6.52. The number of nitrogens with one attached hydrogen (secondary N) is 1. The van der Waals surface area contributed by atoms with Gasteiger partial charge >= 0.3 is 0 Å². The number of nitrogens with zero attached hydrogens (tertiary/aromatic N) is 2. The minimum Gasteiger partial charge on any atom is -0.497 e. The topological polar surface area (TPSA) is 73.2 Å². The largest absolute Gasteiger partial charge is 0.497 e. The Morgan fingerprint density at radius 3 is 2.50 bits per heavy atom. The molecule has 1 amide bonds. The van der Waals surface area contributed by atoms with Crippen LogP contribution in [0, 0.1) is 6.92 Å². The van der Waals surface area contributed by atoms with E-state index in [0.29, 0.717) is 21.7 Å². The molecule has 0 fully saturated rings. The number of carbonyl (C=O) groups excluding carboxylic acids is 1. The van der Waals surface area contributed by atoms with Crippen molar-refractivity contribution in [3.05, 3.63) is 76.2 Å². The van der Waals surface area contributed by atoms with Crippen LogP contribution >= 0.6 is 11.3 Å². The highest BCUT2D eigenvalue weighted by Gasteiger charge is 2.22. The van der Waals surface area contributed by atoms with E-state index < -0.39 is 6.04 Å². The number of methoxy groups -OCH3 is 1. The lowest BCUT2D eigenvalue weighted by molar-refractivity contribution is -0.118. The van der Waals surface area contributed by atoms with Gasteiger partial charge in [-0.25, -0.2) is 4.98 Å². The summed E-state index contributed by atoms with van der Waals surface area (Å²) >= 11 is 1.49. The molecule has 6 nitrogen and oxygen atoms in total. The highest BCUT2D eigenvalue weighted by atomic mass is 32.1. The number of carbonyl (C=O) groups is 1. The molecule has 0 bridgehead atoms. The van der Waals surface area contributed by atoms with Gasteiger partial charge in [0.05, 0.1) is 18.8 Å². The minimum atomic E-state index is -0.722. The molecule has 0 saturated heterocycles. The van der Waals surface area contributed by atoms with E-state index in [0.717, 1.165) is 16.0 Å². The van der Waals surface area contributed by atoms with Crippen LogP contribution in [-0.2, 0) is 4.79 Å². The van der Waals surface area contributed by atoms with Crippen molar-refractivity contribution in [3.8, 4) is 16.9 Å². The number of anilines is 1. The molecule has 152 valence electrons. The summed E-state index contributed by atoms with van der Waals surface area (Å²) in [5.41, 5.74) is 2.25. The highest BCUT2D eigenvalue weighted by Crippen LogP contribution is 2.35. The number of thiophene rings is 1. The summed E-state index contributed by atoms with van der Waals surface area (Å²) in [5.74, 6) is 0.407. The lowest BCUT2D eigenvalue weighted by Crippen LogP contribution is -2.31. The summed E-state index contributed by atoms with van der Waals surface area (Å²) in [4.78, 5) is 32.3. The van der Waals surface area contributed by atoms with Crippen molar-refractivity contribution in [2.75, 3.05) is 12.4 Å². The van der Waals surface area contributed by atoms with Crippen LogP contribution in [0.2, 0.25) is 0 Å². The maximum atomic E-state index is 13.4. The zero-order valence-electron chi connectivity index (χ0n) is 16.9. The molecule has 1 unspecified atom stereocenters. The van der Waals surface area contributed by atoms with Crippen molar-refractivity contribution < 1.29 is 9.53 Å². The molecule has 0 aliphatic rings. The van der Waals surface area contributed by atoms with Gasteiger partial charge in [0.25, 0.3) is 5.56 Å². The first-order valence-electron chi connectivity index (χ1n) is 9.50. The Bertz CT molecular complexity index is 1260. The standard InChI is InChI=1S/C23H21N3O3S/c1-14(21(27)25-17-9-11-18(29-3)12-10-17)26-13-24-22-20(23(26)28)19(15(2)30-22)16-7-5-4-6-8-16/h4-14H,1-3H3,(H,25,27). The van der Waals surface area contributed by atoms with Crippen molar-refractivity contribution >= 4 is 33.1 Å². The van der Waals surface area contributed by atoms with Crippen LogP contribution in [0.3, 0.4) is 0 Å². The Morgan fingerprint density at radius 1 is 1.13 bits per heavy atom. The molecule has 1 atom stereocenters. The van der Waals surface area contributed by atoms with Crippen LogP contribution in [0.15, 0.2) is 65.7 Å². The highest BCUT2D eigenvalue weighted by molar-refractivity contribution is 7.19. The third-order valence-electron chi connectivity index (χ3n) is 5.03. The van der Waals surface area contributed by atoms with Gasteiger partial charge in [0, 0.05) is 16.1 Å². The molecule has 0 spiro atoms. The normalized spacial score (nSPS) is 12.0. The molecule has 0 aliphatic heterocycles. The second kappa shape index (κ2) is 8.12. The predicted molar refractivity (Wildman–Crippen MR) is 120 cm³/mol. The molecule has 2 heterocycles. The van der Waals surface area contributed by atoms with Gasteiger partial charge in [-0.3, -0.25) is 14.2 Å². The lowest BCUT2D eigenvalue weighted by Gasteiger charge is -2.15. The fraction of sp³-hybridized carbons (Fsp3) is 0.174. The van der Waals surface area contributed by atoms with Crippen LogP contribution in [0.5, 0.6) is 5.75 Å². The third kappa shape index (κ3) is 3.59. The van der Waals surface area contributed by atoms with Gasteiger partial charge in [-0.2, -0.15) is 0 Å². The molecule has 2 aromatic carbocycles. The average molecular weight is 420 g/mol. The molecule has 2 aromatic heterocycles. The second-order valence-electron chi connectivity index (χ2n) is 6.93. The summed E-state index contributed by atoms with van der Waals surface area (Å²) in [6.45, 7) is 3.67. The van der Waals surface area contributed by atoms with E-state index in [1.165, 1.54) is 22.2 Å². The van der Waals surface area contributed by atoms with E-state index in [2.05, 4.69) is 10.3 Å². The average Bonchev–Trinajstić information content (AvgIpc) is 3.11. The SMILES string of the molecule is COc1ccc(NC(=O)C(C)n2cnc3sc(C)c(-c4ccccc4)c3c2=O)cc1. The first-order chi connectivity index (χ1) is 14.5. The summed E-state index contributed by atoms with van der Waals surface area (Å²) in [6, 6.07) is 16.1. The van der Waals surface area contributed by atoms with Crippen LogP contribution in [0.25, 0.3) is 21.3 Å². The molecule has 7 heteroatoms. The number of amides is 1. The zero-order valence-corrected chi connectivity index (χ0v) is 17.7. The van der Waals surface area contributed by atoms with E-state index in [1.807, 2.05) is 37.3 Å². The summed E-state index contributed by atoms with van der Waals surface area (Å²) in [6.07, 6.45) is 1.45. The maximum Gasteiger partial charge on any atom is 0.263 e. The zero-order chi connectivity index (χ0) is 21.3. The Hall–Kier alpha value is -3.45. The van der Waals surface area contributed by atoms with E-state index in [4.69, 9.17) is 4.74 Å². The van der Waals surface area contributed by atoms with E-state index in [9.17, 15) is 9.59 Å². The Kier molecular flexibility index (Phi) is 5.37. The molecule has 1 N–H and O–H groups in total. The van der Waals surface area contributed by atoms with Gasteiger partial charge in [-0.1, -0.05) is 30.3 Å². The molecular formula is C23H21N3O3S. The van der Waals surface area contributed by atoms with E-state index in [1.54, 1.807) is 38.3 Å². The monoisotopic (exact) mass is 419 g/mol. The molecule has 0 radical (unpaired) electrons. The number of ether oxygens (including phenoxy) is 1. The van der Waals surface area contributed by atoms with Gasteiger partial charge in [0.15, 0.2) is 0 Å². The van der Waals surface area contributed by atoms with Crippen molar-refractivity contribution in [3.63, 3.8) is 0 Å². The molecule has 0 aliphatic carbocycles. The fourth-order valence-corrected chi connectivity index (χ4v) is 4.39. The van der Waals surface area contributed by atoms with Crippen LogP contribution < -0.4 is 15.6 Å². The second-order valence-corrected chi connectivity index (χ2v) is 8.13. The number of fused-ring (bicyclic) bond motifs is 1. The predicted octanol–water partition coefficient (Wildman–Crippen LogP) is 4.64. The van der Waals surface area contributed by atoms with Gasteiger partial charge in [-0.05, 0) is 43.7 Å². The van der Waals surface area contributed by atoms with Crippen molar-refractivity contribution in [1.82, 2.24) is 9.55 Å².